The molecule has 9 nitrogen and oxygen atoms in total. The van der Waals surface area contributed by atoms with E-state index in [4.69, 9.17) is 10.2 Å². The van der Waals surface area contributed by atoms with Crippen molar-refractivity contribution in [1.29, 1.82) is 0 Å². The number of amides is 2. The molecule has 0 bridgehead atoms. The summed E-state index contributed by atoms with van der Waals surface area (Å²) in [6.07, 6.45) is 1.47. The molecule has 0 aliphatic carbocycles. The van der Waals surface area contributed by atoms with Crippen LogP contribution in [0.5, 0.6) is 0 Å². The summed E-state index contributed by atoms with van der Waals surface area (Å²) < 4.78 is 1.15. The van der Waals surface area contributed by atoms with Crippen molar-refractivity contribution >= 4 is 57.2 Å². The van der Waals surface area contributed by atoms with Crippen LogP contribution in [0.2, 0.25) is 0 Å². The van der Waals surface area contributed by atoms with Gasteiger partial charge in [0.2, 0.25) is 0 Å². The van der Waals surface area contributed by atoms with Gasteiger partial charge in [-0.05, 0) is 18.7 Å². The lowest BCUT2D eigenvalue weighted by Crippen LogP contribution is -2.36. The van der Waals surface area contributed by atoms with Crippen LogP contribution in [0.4, 0.5) is 4.79 Å². The van der Waals surface area contributed by atoms with Crippen molar-refractivity contribution in [3.05, 3.63) is 19.5 Å². The minimum Gasteiger partial charge on any atom is -0.480 e. The number of carboxylic acids is 2. The number of rotatable bonds is 4. The molecule has 1 aliphatic rings. The molecule has 11 heteroatoms. The molecule has 2 N–H and O–H groups in total. The molecule has 1 saturated heterocycles. The van der Waals surface area contributed by atoms with Gasteiger partial charge in [-0.25, -0.2) is 0 Å². The van der Waals surface area contributed by atoms with Crippen LogP contribution in [0, 0.1) is 0 Å². The summed E-state index contributed by atoms with van der Waals surface area (Å²) in [6.45, 7) is 0.122. The van der Waals surface area contributed by atoms with Crippen LogP contribution in [0.25, 0.3) is 11.0 Å². The summed E-state index contributed by atoms with van der Waals surface area (Å²) in [5.74, 6) is -3.49. The lowest BCUT2D eigenvalue weighted by Gasteiger charge is -2.07. The highest BCUT2D eigenvalue weighted by atomic mass is 32.2. The molecule has 2 amide bonds. The standard InChI is InChI=1S/C12H10N2O7S2/c1-2-5-9(19)13(3-6(15)16)11(22-5)8-10(20)14(4-7(17)18)12(21)23-8/h2H,3-4H2,1H3,(H,15,16)(H,17,18). The van der Waals surface area contributed by atoms with Gasteiger partial charge in [0.15, 0.2) is 0 Å². The lowest BCUT2D eigenvalue weighted by molar-refractivity contribution is -0.140. The second-order valence-electron chi connectivity index (χ2n) is 4.33. The van der Waals surface area contributed by atoms with Crippen LogP contribution >= 0.6 is 23.1 Å². The topological polar surface area (TPSA) is 134 Å². The maximum Gasteiger partial charge on any atom is 0.323 e. The van der Waals surface area contributed by atoms with E-state index in [9.17, 15) is 24.0 Å². The molecule has 1 aromatic heterocycles. The summed E-state index contributed by atoms with van der Waals surface area (Å²) in [6, 6.07) is 0. The highest BCUT2D eigenvalue weighted by molar-refractivity contribution is 8.23. The average Bonchev–Trinajstić information content (AvgIpc) is 2.90. The minimum atomic E-state index is -1.36. The van der Waals surface area contributed by atoms with Crippen molar-refractivity contribution in [2.24, 2.45) is 0 Å². The van der Waals surface area contributed by atoms with Crippen molar-refractivity contribution < 1.29 is 29.4 Å². The van der Waals surface area contributed by atoms with E-state index in [1.54, 1.807) is 6.92 Å². The van der Waals surface area contributed by atoms with E-state index in [-0.39, 0.29) is 14.1 Å². The fraction of sp³-hybridized carbons (Fsp3) is 0.250. The van der Waals surface area contributed by atoms with E-state index in [0.29, 0.717) is 16.7 Å². The van der Waals surface area contributed by atoms with Crippen LogP contribution in [0.3, 0.4) is 0 Å². The maximum atomic E-state index is 12.2. The number of carboxylic acid groups (broad SMARTS) is 2. The smallest absolute Gasteiger partial charge is 0.323 e. The largest absolute Gasteiger partial charge is 0.480 e. The Morgan fingerprint density at radius 1 is 1.13 bits per heavy atom. The number of aromatic nitrogens is 1. The van der Waals surface area contributed by atoms with Crippen LogP contribution in [-0.4, -0.2) is 49.3 Å². The lowest BCUT2D eigenvalue weighted by atomic mass is 10.4. The Balaban J connectivity index is 2.69. The number of imide groups is 1. The van der Waals surface area contributed by atoms with Crippen molar-refractivity contribution in [2.45, 2.75) is 13.5 Å². The molecule has 0 atom stereocenters. The number of carbonyl (C=O) groups excluding carboxylic acids is 2. The van der Waals surface area contributed by atoms with Gasteiger partial charge < -0.3 is 10.2 Å². The predicted molar refractivity (Wildman–Crippen MR) is 81.3 cm³/mol. The summed E-state index contributed by atoms with van der Waals surface area (Å²) in [5, 5.41) is 16.9. The Hall–Kier alpha value is -2.40. The van der Waals surface area contributed by atoms with E-state index in [0.717, 1.165) is 15.9 Å². The Labute approximate surface area is 136 Å². The van der Waals surface area contributed by atoms with Gasteiger partial charge in [0, 0.05) is 0 Å². The number of carbonyl (C=O) groups is 4. The van der Waals surface area contributed by atoms with E-state index >= 15 is 0 Å². The Bertz CT molecular complexity index is 895. The SMILES string of the molecule is CC=c1sc(=C2SC(=O)N(CC(=O)O)C2=O)n(CC(=O)O)c1=O. The van der Waals surface area contributed by atoms with E-state index in [1.807, 2.05) is 0 Å². The molecule has 0 unspecified atom stereocenters. The molecule has 23 heavy (non-hydrogen) atoms. The van der Waals surface area contributed by atoms with Gasteiger partial charge in [-0.3, -0.25) is 33.4 Å². The average molecular weight is 358 g/mol. The van der Waals surface area contributed by atoms with Crippen LogP contribution < -0.4 is 14.8 Å². The van der Waals surface area contributed by atoms with Gasteiger partial charge in [-0.15, -0.1) is 11.3 Å². The summed E-state index contributed by atoms with van der Waals surface area (Å²) in [4.78, 5) is 58.1. The third kappa shape index (κ3) is 3.19. The van der Waals surface area contributed by atoms with Crippen molar-refractivity contribution in [2.75, 3.05) is 6.54 Å². The fourth-order valence-electron chi connectivity index (χ4n) is 1.86. The Kier molecular flexibility index (Phi) is 4.71. The van der Waals surface area contributed by atoms with Gasteiger partial charge >= 0.3 is 11.9 Å². The molecule has 0 spiro atoms. The number of hydrogen-bond acceptors (Lipinski definition) is 7. The molecular formula is C12H10N2O7S2. The normalized spacial score (nSPS) is 18.0. The number of hydrogen-bond donors (Lipinski definition) is 2. The zero-order valence-corrected chi connectivity index (χ0v) is 13.3. The first-order valence-electron chi connectivity index (χ1n) is 6.13. The van der Waals surface area contributed by atoms with Gasteiger partial charge in [0.1, 0.15) is 22.7 Å². The molecule has 2 heterocycles. The molecular weight excluding hydrogens is 348 g/mol. The zero-order chi connectivity index (χ0) is 17.3. The summed E-state index contributed by atoms with van der Waals surface area (Å²) in [5.41, 5.74) is -0.583. The third-order valence-electron chi connectivity index (χ3n) is 2.80. The third-order valence-corrected chi connectivity index (χ3v) is 5.14. The number of aliphatic carboxylic acids is 2. The highest BCUT2D eigenvalue weighted by Crippen LogP contribution is 2.30. The molecule has 0 radical (unpaired) electrons. The Morgan fingerprint density at radius 3 is 2.26 bits per heavy atom. The number of nitrogens with zero attached hydrogens (tertiary/aromatic N) is 2. The molecule has 2 rings (SSSR count). The second-order valence-corrected chi connectivity index (χ2v) is 6.32. The van der Waals surface area contributed by atoms with E-state index in [2.05, 4.69) is 0 Å². The molecule has 122 valence electrons. The predicted octanol–water partition coefficient (Wildman–Crippen LogP) is -1.32. The van der Waals surface area contributed by atoms with Gasteiger partial charge in [0.05, 0.1) is 4.53 Å². The quantitative estimate of drug-likeness (QED) is 0.677. The first kappa shape index (κ1) is 17.0. The van der Waals surface area contributed by atoms with Crippen LogP contribution in [-0.2, 0) is 20.9 Å². The maximum absolute atomic E-state index is 12.2. The molecule has 1 aromatic rings. The first-order chi connectivity index (χ1) is 10.8. The van der Waals surface area contributed by atoms with Gasteiger partial charge in [0.25, 0.3) is 16.7 Å². The number of thiazole rings is 1. The molecule has 0 aromatic carbocycles. The van der Waals surface area contributed by atoms with Crippen molar-refractivity contribution in [3.63, 3.8) is 0 Å². The first-order valence-corrected chi connectivity index (χ1v) is 7.77. The molecule has 0 saturated carbocycles. The highest BCUT2D eigenvalue weighted by Gasteiger charge is 2.38. The summed E-state index contributed by atoms with van der Waals surface area (Å²) in [7, 11) is 0. The van der Waals surface area contributed by atoms with Crippen molar-refractivity contribution in [1.82, 2.24) is 9.47 Å². The monoisotopic (exact) mass is 358 g/mol. The van der Waals surface area contributed by atoms with E-state index < -0.39 is 41.7 Å². The van der Waals surface area contributed by atoms with Gasteiger partial charge in [-0.2, -0.15) is 0 Å². The fourth-order valence-corrected chi connectivity index (χ4v) is 3.90. The van der Waals surface area contributed by atoms with E-state index in [1.165, 1.54) is 6.08 Å². The zero-order valence-electron chi connectivity index (χ0n) is 11.6. The molecule has 1 aliphatic heterocycles. The van der Waals surface area contributed by atoms with Crippen molar-refractivity contribution in [3.8, 4) is 0 Å². The summed E-state index contributed by atoms with van der Waals surface area (Å²) >= 11 is 1.36. The van der Waals surface area contributed by atoms with Gasteiger partial charge in [-0.1, -0.05) is 6.08 Å². The van der Waals surface area contributed by atoms with Crippen LogP contribution in [0.1, 0.15) is 6.92 Å². The number of thioether (sulfide) groups is 1. The van der Waals surface area contributed by atoms with Crippen LogP contribution in [0.15, 0.2) is 4.79 Å². The minimum absolute atomic E-state index is 0.0294. The Morgan fingerprint density at radius 2 is 1.74 bits per heavy atom. The molecule has 1 fully saturated rings. The second kappa shape index (κ2) is 6.38.